The van der Waals surface area contributed by atoms with Crippen molar-refractivity contribution in [3.05, 3.63) is 47.9 Å². The van der Waals surface area contributed by atoms with Crippen LogP contribution in [0.2, 0.25) is 0 Å². The van der Waals surface area contributed by atoms with Crippen molar-refractivity contribution in [2.45, 2.75) is 18.4 Å². The highest BCUT2D eigenvalue weighted by atomic mass is 32.2. The molecule has 0 radical (unpaired) electrons. The fourth-order valence-electron chi connectivity index (χ4n) is 2.16. The third-order valence-electron chi connectivity index (χ3n) is 3.12. The fraction of sp³-hybridized carbons (Fsp3) is 0.312. The third-order valence-corrected chi connectivity index (χ3v) is 3.91. The number of anilines is 1. The van der Waals surface area contributed by atoms with E-state index in [9.17, 15) is 4.79 Å². The molecule has 21 heavy (non-hydrogen) atoms. The summed E-state index contributed by atoms with van der Waals surface area (Å²) < 4.78 is 5.53. The number of carbonyl (C=O) groups excluding carboxylic acids is 1. The standard InChI is InChI=1S/C16H20N2O2S/c1-12-8-9-13(20-12)10-18(2)11-16(19)17-14-6-4-5-7-15(14)21-3/h4-9H,10-11H2,1-3H3,(H,17,19)/p+1. The molecule has 1 atom stereocenters. The van der Waals surface area contributed by atoms with Crippen molar-refractivity contribution < 1.29 is 14.1 Å². The highest BCUT2D eigenvalue weighted by Gasteiger charge is 2.13. The first-order valence-corrected chi connectivity index (χ1v) is 8.10. The van der Waals surface area contributed by atoms with Gasteiger partial charge in [-0.15, -0.1) is 11.8 Å². The van der Waals surface area contributed by atoms with E-state index in [2.05, 4.69) is 5.32 Å². The summed E-state index contributed by atoms with van der Waals surface area (Å²) in [4.78, 5) is 14.3. The summed E-state index contributed by atoms with van der Waals surface area (Å²) in [5.74, 6) is 1.82. The van der Waals surface area contributed by atoms with Crippen molar-refractivity contribution in [3.63, 3.8) is 0 Å². The van der Waals surface area contributed by atoms with E-state index in [1.54, 1.807) is 11.8 Å². The lowest BCUT2D eigenvalue weighted by Gasteiger charge is -2.13. The van der Waals surface area contributed by atoms with E-state index < -0.39 is 0 Å². The third kappa shape index (κ3) is 4.65. The zero-order chi connectivity index (χ0) is 15.2. The maximum absolute atomic E-state index is 12.1. The maximum Gasteiger partial charge on any atom is 0.279 e. The number of rotatable bonds is 6. The molecule has 0 fully saturated rings. The van der Waals surface area contributed by atoms with Gasteiger partial charge in [0.05, 0.1) is 12.7 Å². The topological polar surface area (TPSA) is 46.7 Å². The van der Waals surface area contributed by atoms with Gasteiger partial charge in [0.1, 0.15) is 12.3 Å². The van der Waals surface area contributed by atoms with Crippen LogP contribution in [0.5, 0.6) is 0 Å². The number of carbonyl (C=O) groups is 1. The number of thioether (sulfide) groups is 1. The predicted octanol–water partition coefficient (Wildman–Crippen LogP) is 1.96. The van der Waals surface area contributed by atoms with Crippen molar-refractivity contribution in [3.8, 4) is 0 Å². The van der Waals surface area contributed by atoms with Gasteiger partial charge in [-0.2, -0.15) is 0 Å². The average Bonchev–Trinajstić information content (AvgIpc) is 2.84. The summed E-state index contributed by atoms with van der Waals surface area (Å²) in [5, 5.41) is 2.97. The number of nitrogens with one attached hydrogen (secondary N) is 2. The Kier molecular flexibility index (Phi) is 5.47. The Hall–Kier alpha value is -1.72. The van der Waals surface area contributed by atoms with Gasteiger partial charge in [0.15, 0.2) is 12.3 Å². The Morgan fingerprint density at radius 2 is 2.05 bits per heavy atom. The van der Waals surface area contributed by atoms with Gasteiger partial charge in [-0.25, -0.2) is 0 Å². The molecular weight excluding hydrogens is 284 g/mol. The van der Waals surface area contributed by atoms with Crippen LogP contribution in [0.4, 0.5) is 5.69 Å². The van der Waals surface area contributed by atoms with E-state index in [0.29, 0.717) is 13.1 Å². The zero-order valence-corrected chi connectivity index (χ0v) is 13.4. The van der Waals surface area contributed by atoms with Gasteiger partial charge in [0.2, 0.25) is 0 Å². The molecule has 0 spiro atoms. The van der Waals surface area contributed by atoms with E-state index in [0.717, 1.165) is 27.0 Å². The van der Waals surface area contributed by atoms with Gasteiger partial charge in [-0.05, 0) is 37.4 Å². The summed E-state index contributed by atoms with van der Waals surface area (Å²) >= 11 is 1.63. The van der Waals surface area contributed by atoms with E-state index in [-0.39, 0.29) is 5.91 Å². The Morgan fingerprint density at radius 1 is 1.29 bits per heavy atom. The monoisotopic (exact) mass is 305 g/mol. The quantitative estimate of drug-likeness (QED) is 0.802. The molecule has 2 aromatic rings. The number of hydrogen-bond donors (Lipinski definition) is 2. The summed E-state index contributed by atoms with van der Waals surface area (Å²) in [5.41, 5.74) is 0.872. The first-order valence-electron chi connectivity index (χ1n) is 6.88. The van der Waals surface area contributed by atoms with Gasteiger partial charge in [-0.1, -0.05) is 12.1 Å². The van der Waals surface area contributed by atoms with Crippen LogP contribution in [0.1, 0.15) is 11.5 Å². The Balaban J connectivity index is 1.89. The zero-order valence-electron chi connectivity index (χ0n) is 12.6. The number of quaternary nitrogens is 1. The smallest absolute Gasteiger partial charge is 0.279 e. The van der Waals surface area contributed by atoms with Crippen molar-refractivity contribution >= 4 is 23.4 Å². The molecule has 1 aromatic carbocycles. The number of furan rings is 1. The van der Waals surface area contributed by atoms with Gasteiger partial charge in [0.25, 0.3) is 5.91 Å². The van der Waals surface area contributed by atoms with Crippen LogP contribution in [-0.4, -0.2) is 25.8 Å². The van der Waals surface area contributed by atoms with Gasteiger partial charge < -0.3 is 14.6 Å². The molecule has 2 N–H and O–H groups in total. The summed E-state index contributed by atoms with van der Waals surface area (Å²) in [6, 6.07) is 11.7. The summed E-state index contributed by atoms with van der Waals surface area (Å²) in [7, 11) is 1.98. The second-order valence-electron chi connectivity index (χ2n) is 5.07. The van der Waals surface area contributed by atoms with E-state index >= 15 is 0 Å². The number of amides is 1. The van der Waals surface area contributed by atoms with Crippen LogP contribution in [0.25, 0.3) is 0 Å². The van der Waals surface area contributed by atoms with Crippen LogP contribution in [0.15, 0.2) is 45.7 Å². The number of para-hydroxylation sites is 1. The normalized spacial score (nSPS) is 12.1. The minimum absolute atomic E-state index is 0.0114. The lowest BCUT2D eigenvalue weighted by atomic mass is 10.3. The van der Waals surface area contributed by atoms with E-state index in [1.807, 2.05) is 56.6 Å². The molecule has 1 heterocycles. The number of benzene rings is 1. The molecule has 0 aliphatic carbocycles. The molecular formula is C16H21N2O2S+. The first-order chi connectivity index (χ1) is 10.1. The van der Waals surface area contributed by atoms with Crippen molar-refractivity contribution in [2.24, 2.45) is 0 Å². The van der Waals surface area contributed by atoms with Crippen LogP contribution in [0, 0.1) is 6.92 Å². The molecule has 1 unspecified atom stereocenters. The summed E-state index contributed by atoms with van der Waals surface area (Å²) in [6.45, 7) is 3.03. The largest absolute Gasteiger partial charge is 0.460 e. The molecule has 1 amide bonds. The molecule has 4 nitrogen and oxygen atoms in total. The fourth-order valence-corrected chi connectivity index (χ4v) is 2.71. The van der Waals surface area contributed by atoms with Gasteiger partial charge in [0, 0.05) is 4.90 Å². The molecule has 0 aliphatic heterocycles. The maximum atomic E-state index is 12.1. The van der Waals surface area contributed by atoms with E-state index in [1.165, 1.54) is 0 Å². The lowest BCUT2D eigenvalue weighted by molar-refractivity contribution is -0.886. The molecule has 0 bridgehead atoms. The number of aryl methyl sites for hydroxylation is 1. The van der Waals surface area contributed by atoms with Gasteiger partial charge >= 0.3 is 0 Å². The second-order valence-corrected chi connectivity index (χ2v) is 5.92. The SMILES string of the molecule is CSc1ccccc1NC(=O)C[NH+](C)Cc1ccc(C)o1. The average molecular weight is 305 g/mol. The second kappa shape index (κ2) is 7.33. The molecule has 0 saturated carbocycles. The number of hydrogen-bond acceptors (Lipinski definition) is 3. The molecule has 2 rings (SSSR count). The predicted molar refractivity (Wildman–Crippen MR) is 85.8 cm³/mol. The molecule has 1 aromatic heterocycles. The minimum Gasteiger partial charge on any atom is -0.460 e. The summed E-state index contributed by atoms with van der Waals surface area (Å²) in [6.07, 6.45) is 2.00. The molecule has 5 heteroatoms. The van der Waals surface area contributed by atoms with Crippen LogP contribution in [-0.2, 0) is 11.3 Å². The highest BCUT2D eigenvalue weighted by Crippen LogP contribution is 2.24. The van der Waals surface area contributed by atoms with Crippen molar-refractivity contribution in [1.82, 2.24) is 0 Å². The van der Waals surface area contributed by atoms with Crippen LogP contribution >= 0.6 is 11.8 Å². The van der Waals surface area contributed by atoms with Crippen LogP contribution < -0.4 is 10.2 Å². The number of likely N-dealkylation sites (N-methyl/N-ethyl adjacent to an activating group) is 1. The highest BCUT2D eigenvalue weighted by molar-refractivity contribution is 7.98. The Morgan fingerprint density at radius 3 is 2.71 bits per heavy atom. The van der Waals surface area contributed by atoms with E-state index in [4.69, 9.17) is 4.42 Å². The first kappa shape index (κ1) is 15.7. The van der Waals surface area contributed by atoms with Gasteiger partial charge in [-0.3, -0.25) is 4.79 Å². The Bertz CT molecular complexity index is 610. The van der Waals surface area contributed by atoms with Crippen LogP contribution in [0.3, 0.4) is 0 Å². The van der Waals surface area contributed by atoms with Crippen molar-refractivity contribution in [2.75, 3.05) is 25.2 Å². The molecule has 0 aliphatic rings. The lowest BCUT2D eigenvalue weighted by Crippen LogP contribution is -3.08. The minimum atomic E-state index is 0.0114. The Labute approximate surface area is 129 Å². The molecule has 0 saturated heterocycles. The molecule has 112 valence electrons. The van der Waals surface area contributed by atoms with Crippen molar-refractivity contribution in [1.29, 1.82) is 0 Å².